The van der Waals surface area contributed by atoms with Crippen LogP contribution in [0.3, 0.4) is 0 Å². The van der Waals surface area contributed by atoms with Gasteiger partial charge in [0, 0.05) is 43.8 Å². The maximum Gasteiger partial charge on any atom is 0.310 e. The smallest absolute Gasteiger partial charge is 0.310 e. The Morgan fingerprint density at radius 2 is 2.00 bits per heavy atom. The minimum atomic E-state index is -0.539. The number of likely N-dealkylation sites (tertiary alicyclic amines) is 1. The summed E-state index contributed by atoms with van der Waals surface area (Å²) < 4.78 is 5.02. The van der Waals surface area contributed by atoms with Crippen LogP contribution in [0.5, 0.6) is 0 Å². The van der Waals surface area contributed by atoms with Crippen LogP contribution in [0.4, 0.5) is 5.69 Å². The number of esters is 1. The van der Waals surface area contributed by atoms with E-state index in [0.29, 0.717) is 26.1 Å². The van der Waals surface area contributed by atoms with E-state index in [4.69, 9.17) is 4.74 Å². The van der Waals surface area contributed by atoms with Crippen molar-refractivity contribution in [3.8, 4) is 0 Å². The van der Waals surface area contributed by atoms with Gasteiger partial charge in [-0.25, -0.2) is 0 Å². The molecule has 27 heavy (non-hydrogen) atoms. The molecular weight excluding hydrogens is 354 g/mol. The molecule has 9 heteroatoms. The highest BCUT2D eigenvalue weighted by molar-refractivity contribution is 5.94. The number of piperidine rings is 1. The van der Waals surface area contributed by atoms with Gasteiger partial charge < -0.3 is 15.0 Å². The Bertz CT molecular complexity index is 704. The Hall–Kier alpha value is -2.97. The second-order valence-electron chi connectivity index (χ2n) is 6.24. The van der Waals surface area contributed by atoms with E-state index in [2.05, 4.69) is 5.32 Å². The Balaban J connectivity index is 1.78. The molecule has 9 nitrogen and oxygen atoms in total. The van der Waals surface area contributed by atoms with Gasteiger partial charge in [0.1, 0.15) is 0 Å². The lowest BCUT2D eigenvalue weighted by molar-refractivity contribution is -0.384. The molecule has 0 bridgehead atoms. The molecule has 1 heterocycles. The van der Waals surface area contributed by atoms with E-state index < -0.39 is 10.8 Å². The number of carbonyl (C=O) groups is 3. The van der Waals surface area contributed by atoms with Crippen molar-refractivity contribution in [2.24, 2.45) is 5.92 Å². The molecule has 1 aliphatic rings. The fraction of sp³-hybridized carbons (Fsp3) is 0.500. The van der Waals surface area contributed by atoms with Crippen LogP contribution in [0.15, 0.2) is 24.3 Å². The summed E-state index contributed by atoms with van der Waals surface area (Å²) in [6.45, 7) is 3.14. The summed E-state index contributed by atoms with van der Waals surface area (Å²) in [6.07, 6.45) is 1.57. The maximum absolute atomic E-state index is 12.3. The molecule has 1 aromatic carbocycles. The Kier molecular flexibility index (Phi) is 7.27. The first-order valence-corrected chi connectivity index (χ1v) is 8.89. The van der Waals surface area contributed by atoms with Gasteiger partial charge in [-0.2, -0.15) is 0 Å². The van der Waals surface area contributed by atoms with Crippen molar-refractivity contribution in [1.29, 1.82) is 0 Å². The van der Waals surface area contributed by atoms with Gasteiger partial charge >= 0.3 is 5.97 Å². The Morgan fingerprint density at radius 1 is 1.30 bits per heavy atom. The lowest BCUT2D eigenvalue weighted by atomic mass is 9.98. The van der Waals surface area contributed by atoms with Crippen LogP contribution in [-0.2, 0) is 14.3 Å². The Morgan fingerprint density at radius 3 is 2.63 bits per heavy atom. The molecule has 1 aromatic rings. The van der Waals surface area contributed by atoms with Gasteiger partial charge in [-0.15, -0.1) is 0 Å². The van der Waals surface area contributed by atoms with E-state index in [9.17, 15) is 24.5 Å². The highest BCUT2D eigenvalue weighted by Gasteiger charge is 2.29. The van der Waals surface area contributed by atoms with Crippen molar-refractivity contribution in [3.05, 3.63) is 39.9 Å². The third-order valence-corrected chi connectivity index (χ3v) is 4.36. The molecule has 0 spiro atoms. The van der Waals surface area contributed by atoms with Gasteiger partial charge in [-0.3, -0.25) is 24.5 Å². The van der Waals surface area contributed by atoms with Gasteiger partial charge in [0.15, 0.2) is 0 Å². The minimum Gasteiger partial charge on any atom is -0.466 e. The van der Waals surface area contributed by atoms with Crippen LogP contribution in [0.1, 0.15) is 36.5 Å². The topological polar surface area (TPSA) is 119 Å². The molecule has 2 amide bonds. The van der Waals surface area contributed by atoms with E-state index in [1.54, 1.807) is 11.8 Å². The fourth-order valence-electron chi connectivity index (χ4n) is 2.93. The number of nitrogens with one attached hydrogen (secondary N) is 1. The largest absolute Gasteiger partial charge is 0.466 e. The molecule has 1 N–H and O–H groups in total. The second-order valence-corrected chi connectivity index (χ2v) is 6.24. The first-order chi connectivity index (χ1) is 12.9. The summed E-state index contributed by atoms with van der Waals surface area (Å²) >= 11 is 0. The Labute approximate surface area is 156 Å². The van der Waals surface area contributed by atoms with Crippen LogP contribution in [0, 0.1) is 16.0 Å². The summed E-state index contributed by atoms with van der Waals surface area (Å²) in [7, 11) is 0. The van der Waals surface area contributed by atoms with E-state index >= 15 is 0 Å². The van der Waals surface area contributed by atoms with Crippen LogP contribution in [0.2, 0.25) is 0 Å². The molecule has 1 fully saturated rings. The predicted molar refractivity (Wildman–Crippen MR) is 96.0 cm³/mol. The van der Waals surface area contributed by atoms with Crippen LogP contribution >= 0.6 is 0 Å². The number of nitrogens with zero attached hydrogens (tertiary/aromatic N) is 2. The lowest BCUT2D eigenvalue weighted by Gasteiger charge is -2.31. The zero-order valence-corrected chi connectivity index (χ0v) is 15.2. The summed E-state index contributed by atoms with van der Waals surface area (Å²) in [5.74, 6) is -1.10. The van der Waals surface area contributed by atoms with E-state index in [-0.39, 0.29) is 42.0 Å². The highest BCUT2D eigenvalue weighted by Crippen LogP contribution is 2.18. The van der Waals surface area contributed by atoms with Gasteiger partial charge in [0.2, 0.25) is 5.91 Å². The van der Waals surface area contributed by atoms with Gasteiger partial charge in [0.05, 0.1) is 17.4 Å². The summed E-state index contributed by atoms with van der Waals surface area (Å²) in [6, 6.07) is 5.24. The quantitative estimate of drug-likeness (QED) is 0.437. The number of hydrogen-bond acceptors (Lipinski definition) is 6. The number of ether oxygens (including phenoxy) is 1. The van der Waals surface area contributed by atoms with Crippen molar-refractivity contribution in [2.75, 3.05) is 26.2 Å². The molecule has 146 valence electrons. The molecule has 1 aliphatic heterocycles. The van der Waals surface area contributed by atoms with Gasteiger partial charge in [-0.1, -0.05) is 0 Å². The van der Waals surface area contributed by atoms with E-state index in [0.717, 1.165) is 6.42 Å². The maximum atomic E-state index is 12.3. The summed E-state index contributed by atoms with van der Waals surface area (Å²) in [5.41, 5.74) is 0.191. The third-order valence-electron chi connectivity index (χ3n) is 4.36. The van der Waals surface area contributed by atoms with Gasteiger partial charge in [0.25, 0.3) is 11.6 Å². The lowest BCUT2D eigenvalue weighted by Crippen LogP contribution is -2.43. The van der Waals surface area contributed by atoms with E-state index in [1.807, 2.05) is 0 Å². The van der Waals surface area contributed by atoms with Crippen molar-refractivity contribution >= 4 is 23.5 Å². The monoisotopic (exact) mass is 377 g/mol. The third kappa shape index (κ3) is 5.77. The standard InChI is InChI=1S/C18H23N3O6/c1-2-27-18(24)14-4-3-11-20(12-14)16(22)9-10-19-17(23)13-5-7-15(8-6-13)21(25)26/h5-8,14H,2-4,9-12H2,1H3,(H,19,23). The van der Waals surface area contributed by atoms with Crippen LogP contribution in [-0.4, -0.2) is 53.8 Å². The number of nitro benzene ring substituents is 1. The zero-order valence-electron chi connectivity index (χ0n) is 15.2. The molecule has 0 aromatic heterocycles. The highest BCUT2D eigenvalue weighted by atomic mass is 16.6. The minimum absolute atomic E-state index is 0.0945. The SMILES string of the molecule is CCOC(=O)C1CCCN(C(=O)CCNC(=O)c2ccc([N+](=O)[O-])cc2)C1. The molecule has 1 saturated heterocycles. The molecular formula is C18H23N3O6. The molecule has 0 saturated carbocycles. The van der Waals surface area contributed by atoms with Crippen LogP contribution in [0.25, 0.3) is 0 Å². The molecule has 2 rings (SSSR count). The molecule has 1 unspecified atom stereocenters. The zero-order chi connectivity index (χ0) is 19.8. The van der Waals surface area contributed by atoms with Crippen molar-refractivity contribution in [3.63, 3.8) is 0 Å². The number of carbonyl (C=O) groups excluding carboxylic acids is 3. The first kappa shape index (κ1) is 20.3. The fourth-order valence-corrected chi connectivity index (χ4v) is 2.93. The van der Waals surface area contributed by atoms with Crippen molar-refractivity contribution < 1.29 is 24.0 Å². The average molecular weight is 377 g/mol. The van der Waals surface area contributed by atoms with Crippen molar-refractivity contribution in [1.82, 2.24) is 10.2 Å². The number of rotatable bonds is 7. The number of hydrogen-bond donors (Lipinski definition) is 1. The predicted octanol–water partition coefficient (Wildman–Crippen LogP) is 1.52. The number of nitro groups is 1. The van der Waals surface area contributed by atoms with E-state index in [1.165, 1.54) is 24.3 Å². The summed E-state index contributed by atoms with van der Waals surface area (Å²) in [4.78, 5) is 47.9. The van der Waals surface area contributed by atoms with Gasteiger partial charge in [-0.05, 0) is 31.9 Å². The summed E-state index contributed by atoms with van der Waals surface area (Å²) in [5, 5.41) is 13.2. The number of benzene rings is 1. The second kappa shape index (κ2) is 9.65. The van der Waals surface area contributed by atoms with Crippen molar-refractivity contribution in [2.45, 2.75) is 26.2 Å². The average Bonchev–Trinajstić information content (AvgIpc) is 2.68. The molecule has 1 atom stereocenters. The normalized spacial score (nSPS) is 16.5. The first-order valence-electron chi connectivity index (χ1n) is 8.89. The molecule has 0 aliphatic carbocycles. The number of amides is 2. The number of non-ortho nitro benzene ring substituents is 1. The molecule has 0 radical (unpaired) electrons. The van der Waals surface area contributed by atoms with Crippen LogP contribution < -0.4 is 5.32 Å².